The molecule has 1 fully saturated rings. The fourth-order valence-electron chi connectivity index (χ4n) is 3.44. The zero-order chi connectivity index (χ0) is 19.3. The Morgan fingerprint density at radius 2 is 1.67 bits per heavy atom. The minimum Gasteiger partial charge on any atom is -0.378 e. The quantitative estimate of drug-likeness (QED) is 0.851. The summed E-state index contributed by atoms with van der Waals surface area (Å²) in [5.41, 5.74) is 3.10. The molecule has 0 radical (unpaired) electrons. The number of carbonyl (C=O) groups is 1. The van der Waals surface area contributed by atoms with E-state index in [4.69, 9.17) is 4.74 Å². The van der Waals surface area contributed by atoms with E-state index in [0.717, 1.165) is 44.0 Å². The van der Waals surface area contributed by atoms with Crippen LogP contribution in [0, 0.1) is 5.41 Å². The second kappa shape index (κ2) is 8.57. The van der Waals surface area contributed by atoms with Gasteiger partial charge in [0.15, 0.2) is 0 Å². The van der Waals surface area contributed by atoms with E-state index in [0.29, 0.717) is 5.56 Å². The third-order valence-corrected chi connectivity index (χ3v) is 4.83. The fourth-order valence-corrected chi connectivity index (χ4v) is 3.44. The second-order valence-corrected chi connectivity index (χ2v) is 8.35. The number of hydrogen-bond donors (Lipinski definition) is 1. The summed E-state index contributed by atoms with van der Waals surface area (Å²) in [6.45, 7) is 9.91. The van der Waals surface area contributed by atoms with Crippen molar-refractivity contribution in [2.45, 2.75) is 33.2 Å². The van der Waals surface area contributed by atoms with Crippen LogP contribution in [0.15, 0.2) is 54.6 Å². The van der Waals surface area contributed by atoms with Gasteiger partial charge >= 0.3 is 0 Å². The lowest BCUT2D eigenvalue weighted by atomic mass is 9.85. The molecule has 4 heteroatoms. The van der Waals surface area contributed by atoms with Crippen LogP contribution in [0.5, 0.6) is 0 Å². The highest BCUT2D eigenvalue weighted by Gasteiger charge is 2.22. The van der Waals surface area contributed by atoms with Crippen LogP contribution in [-0.4, -0.2) is 32.2 Å². The van der Waals surface area contributed by atoms with Crippen molar-refractivity contribution in [3.8, 4) is 0 Å². The van der Waals surface area contributed by atoms with Crippen LogP contribution in [0.3, 0.4) is 0 Å². The van der Waals surface area contributed by atoms with Crippen molar-refractivity contribution < 1.29 is 9.53 Å². The summed E-state index contributed by atoms with van der Waals surface area (Å²) < 4.78 is 5.40. The van der Waals surface area contributed by atoms with Crippen molar-refractivity contribution in [1.82, 2.24) is 5.32 Å². The third kappa shape index (κ3) is 5.57. The van der Waals surface area contributed by atoms with Gasteiger partial charge in [-0.05, 0) is 41.7 Å². The molecule has 1 aliphatic heterocycles. The van der Waals surface area contributed by atoms with Gasteiger partial charge in [-0.3, -0.25) is 4.79 Å². The number of amides is 1. The molecule has 1 unspecified atom stereocenters. The Labute approximate surface area is 162 Å². The van der Waals surface area contributed by atoms with E-state index >= 15 is 0 Å². The predicted octanol–water partition coefficient (Wildman–Crippen LogP) is 4.43. The van der Waals surface area contributed by atoms with E-state index in [1.165, 1.54) is 0 Å². The minimum absolute atomic E-state index is 0.00220. The summed E-state index contributed by atoms with van der Waals surface area (Å²) >= 11 is 0. The lowest BCUT2D eigenvalue weighted by Crippen LogP contribution is -2.36. The number of nitrogens with one attached hydrogen (secondary N) is 1. The van der Waals surface area contributed by atoms with Gasteiger partial charge in [0, 0.05) is 24.3 Å². The van der Waals surface area contributed by atoms with Gasteiger partial charge in [-0.1, -0.05) is 51.1 Å². The van der Waals surface area contributed by atoms with E-state index in [9.17, 15) is 4.79 Å². The number of rotatable bonds is 5. The molecule has 4 nitrogen and oxygen atoms in total. The molecule has 0 aliphatic carbocycles. The highest BCUT2D eigenvalue weighted by Crippen LogP contribution is 2.29. The van der Waals surface area contributed by atoms with Gasteiger partial charge in [0.05, 0.1) is 19.3 Å². The lowest BCUT2D eigenvalue weighted by molar-refractivity contribution is 0.0926. The zero-order valence-corrected chi connectivity index (χ0v) is 16.6. The van der Waals surface area contributed by atoms with Gasteiger partial charge in [0.25, 0.3) is 5.91 Å². The van der Waals surface area contributed by atoms with Gasteiger partial charge in [-0.2, -0.15) is 0 Å². The number of anilines is 1. The van der Waals surface area contributed by atoms with E-state index in [-0.39, 0.29) is 17.4 Å². The molecule has 1 N–H and O–H groups in total. The topological polar surface area (TPSA) is 41.6 Å². The Morgan fingerprint density at radius 3 is 2.26 bits per heavy atom. The summed E-state index contributed by atoms with van der Waals surface area (Å²) in [7, 11) is 0. The summed E-state index contributed by atoms with van der Waals surface area (Å²) in [4.78, 5) is 15.1. The zero-order valence-electron chi connectivity index (χ0n) is 16.6. The predicted molar refractivity (Wildman–Crippen MR) is 110 cm³/mol. The molecule has 0 spiro atoms. The van der Waals surface area contributed by atoms with E-state index < -0.39 is 0 Å². The Kier molecular flexibility index (Phi) is 6.17. The maximum absolute atomic E-state index is 12.9. The Bertz CT molecular complexity index is 729. The average molecular weight is 367 g/mol. The molecule has 1 saturated heterocycles. The largest absolute Gasteiger partial charge is 0.378 e. The Morgan fingerprint density at radius 1 is 1.04 bits per heavy atom. The molecule has 3 rings (SSSR count). The van der Waals surface area contributed by atoms with Crippen LogP contribution in [0.4, 0.5) is 5.69 Å². The highest BCUT2D eigenvalue weighted by molar-refractivity contribution is 5.94. The van der Waals surface area contributed by atoms with Gasteiger partial charge in [0.1, 0.15) is 0 Å². The summed E-state index contributed by atoms with van der Waals surface area (Å²) in [5, 5.41) is 3.23. The molecular formula is C23H30N2O2. The molecule has 0 aromatic heterocycles. The van der Waals surface area contributed by atoms with E-state index in [1.54, 1.807) is 0 Å². The first-order chi connectivity index (χ1) is 12.9. The molecular weight excluding hydrogens is 336 g/mol. The van der Waals surface area contributed by atoms with Gasteiger partial charge in [-0.25, -0.2) is 0 Å². The number of ether oxygens (including phenoxy) is 1. The fraction of sp³-hybridized carbons (Fsp3) is 0.435. The number of hydrogen-bond acceptors (Lipinski definition) is 3. The molecule has 1 aliphatic rings. The summed E-state index contributed by atoms with van der Waals surface area (Å²) in [6, 6.07) is 18.1. The van der Waals surface area contributed by atoms with Crippen molar-refractivity contribution in [3.63, 3.8) is 0 Å². The molecule has 0 bridgehead atoms. The molecule has 1 heterocycles. The van der Waals surface area contributed by atoms with Crippen LogP contribution < -0.4 is 10.2 Å². The van der Waals surface area contributed by atoms with Crippen LogP contribution >= 0.6 is 0 Å². The Balaban J connectivity index is 1.71. The van der Waals surface area contributed by atoms with Crippen molar-refractivity contribution in [2.75, 3.05) is 31.2 Å². The smallest absolute Gasteiger partial charge is 0.251 e. The van der Waals surface area contributed by atoms with Gasteiger partial charge < -0.3 is 15.0 Å². The first-order valence-electron chi connectivity index (χ1n) is 9.71. The van der Waals surface area contributed by atoms with E-state index in [2.05, 4.69) is 43.1 Å². The minimum atomic E-state index is -0.0263. The van der Waals surface area contributed by atoms with Crippen LogP contribution in [0.2, 0.25) is 0 Å². The maximum Gasteiger partial charge on any atom is 0.251 e. The molecule has 2 aromatic rings. The van der Waals surface area contributed by atoms with Crippen molar-refractivity contribution in [2.24, 2.45) is 5.41 Å². The molecule has 27 heavy (non-hydrogen) atoms. The van der Waals surface area contributed by atoms with Crippen LogP contribution in [-0.2, 0) is 4.74 Å². The maximum atomic E-state index is 12.9. The molecule has 1 atom stereocenters. The Hall–Kier alpha value is -2.33. The summed E-state index contributed by atoms with van der Waals surface area (Å²) in [6.07, 6.45) is 0.884. The number of nitrogens with zero attached hydrogens (tertiary/aromatic N) is 1. The standard InChI is InChI=1S/C23H30N2O2/c1-23(2,3)17-21(18-7-5-4-6-8-18)24-22(26)19-9-11-20(12-10-19)25-13-15-27-16-14-25/h4-12,21H,13-17H2,1-3H3,(H,24,26). The summed E-state index contributed by atoms with van der Waals surface area (Å²) in [5.74, 6) is -0.0263. The second-order valence-electron chi connectivity index (χ2n) is 8.35. The van der Waals surface area contributed by atoms with Gasteiger partial charge in [0.2, 0.25) is 0 Å². The van der Waals surface area contributed by atoms with Gasteiger partial charge in [-0.15, -0.1) is 0 Å². The number of benzene rings is 2. The SMILES string of the molecule is CC(C)(C)CC(NC(=O)c1ccc(N2CCOCC2)cc1)c1ccccc1. The number of morpholine rings is 1. The first-order valence-corrected chi connectivity index (χ1v) is 9.71. The average Bonchev–Trinajstić information content (AvgIpc) is 2.68. The first kappa shape index (κ1) is 19.4. The van der Waals surface area contributed by atoms with Crippen molar-refractivity contribution in [1.29, 1.82) is 0 Å². The highest BCUT2D eigenvalue weighted by atomic mass is 16.5. The third-order valence-electron chi connectivity index (χ3n) is 4.83. The molecule has 0 saturated carbocycles. The molecule has 144 valence electrons. The van der Waals surface area contributed by atoms with Crippen molar-refractivity contribution >= 4 is 11.6 Å². The van der Waals surface area contributed by atoms with Crippen LogP contribution in [0.25, 0.3) is 0 Å². The van der Waals surface area contributed by atoms with E-state index in [1.807, 2.05) is 42.5 Å². The normalized spacial score (nSPS) is 16.0. The lowest BCUT2D eigenvalue weighted by Gasteiger charge is -2.29. The monoisotopic (exact) mass is 366 g/mol. The van der Waals surface area contributed by atoms with Crippen molar-refractivity contribution in [3.05, 3.63) is 65.7 Å². The molecule has 2 aromatic carbocycles. The molecule has 1 amide bonds. The number of carbonyl (C=O) groups excluding carboxylic acids is 1. The van der Waals surface area contributed by atoms with Crippen LogP contribution in [0.1, 0.15) is 49.2 Å².